The van der Waals surface area contributed by atoms with E-state index >= 15 is 0 Å². The lowest BCUT2D eigenvalue weighted by molar-refractivity contribution is 0.0721. The highest BCUT2D eigenvalue weighted by Gasteiger charge is 2.20. The Balaban J connectivity index is 2.00. The smallest absolute Gasteiger partial charge is 0.199 e. The van der Waals surface area contributed by atoms with Gasteiger partial charge in [0.1, 0.15) is 5.76 Å². The molecule has 0 saturated carbocycles. The van der Waals surface area contributed by atoms with E-state index in [1.807, 2.05) is 7.05 Å². The number of oxazole rings is 1. The SMILES string of the molecule is CNCc1cnc(C2CCCOC2)o1. The Morgan fingerprint density at radius 1 is 1.64 bits per heavy atom. The third kappa shape index (κ3) is 2.13. The molecule has 1 unspecified atom stereocenters. The molecule has 1 atom stereocenters. The zero-order valence-corrected chi connectivity index (χ0v) is 8.45. The molecule has 1 N–H and O–H groups in total. The molecule has 2 rings (SSSR count). The van der Waals surface area contributed by atoms with Gasteiger partial charge in [0.05, 0.1) is 25.3 Å². The number of hydrogen-bond donors (Lipinski definition) is 1. The highest BCUT2D eigenvalue weighted by atomic mass is 16.5. The summed E-state index contributed by atoms with van der Waals surface area (Å²) >= 11 is 0. The Morgan fingerprint density at radius 3 is 3.29 bits per heavy atom. The molecule has 4 nitrogen and oxygen atoms in total. The Hall–Kier alpha value is -0.870. The van der Waals surface area contributed by atoms with Crippen LogP contribution in [0.5, 0.6) is 0 Å². The Morgan fingerprint density at radius 2 is 2.57 bits per heavy atom. The molecule has 0 aromatic carbocycles. The van der Waals surface area contributed by atoms with Gasteiger partial charge in [-0.25, -0.2) is 4.98 Å². The van der Waals surface area contributed by atoms with Crippen molar-refractivity contribution in [1.29, 1.82) is 0 Å². The molecule has 1 aliphatic rings. The predicted octanol–water partition coefficient (Wildman–Crippen LogP) is 1.29. The number of nitrogens with one attached hydrogen (secondary N) is 1. The molecule has 0 aliphatic carbocycles. The molecule has 0 radical (unpaired) electrons. The number of ether oxygens (including phenoxy) is 1. The lowest BCUT2D eigenvalue weighted by atomic mass is 10.0. The van der Waals surface area contributed by atoms with Crippen LogP contribution in [-0.4, -0.2) is 25.2 Å². The second-order valence-corrected chi connectivity index (χ2v) is 3.61. The van der Waals surface area contributed by atoms with E-state index in [1.54, 1.807) is 6.20 Å². The summed E-state index contributed by atoms with van der Waals surface area (Å²) < 4.78 is 11.0. The topological polar surface area (TPSA) is 47.3 Å². The molecule has 1 saturated heterocycles. The highest BCUT2D eigenvalue weighted by molar-refractivity contribution is 4.99. The maximum absolute atomic E-state index is 5.61. The Kier molecular flexibility index (Phi) is 3.16. The quantitative estimate of drug-likeness (QED) is 0.791. The third-order valence-corrected chi connectivity index (χ3v) is 2.43. The van der Waals surface area contributed by atoms with E-state index in [1.165, 1.54) is 0 Å². The first-order valence-electron chi connectivity index (χ1n) is 5.07. The van der Waals surface area contributed by atoms with Gasteiger partial charge in [-0.05, 0) is 19.9 Å². The molecule has 0 spiro atoms. The monoisotopic (exact) mass is 196 g/mol. The lowest BCUT2D eigenvalue weighted by Gasteiger charge is -2.18. The predicted molar refractivity (Wildman–Crippen MR) is 52.1 cm³/mol. The number of nitrogens with zero attached hydrogens (tertiary/aromatic N) is 1. The van der Waals surface area contributed by atoms with Crippen LogP contribution >= 0.6 is 0 Å². The van der Waals surface area contributed by atoms with Gasteiger partial charge in [0.2, 0.25) is 0 Å². The van der Waals surface area contributed by atoms with Crippen LogP contribution in [0.2, 0.25) is 0 Å². The van der Waals surface area contributed by atoms with Crippen LogP contribution in [0.3, 0.4) is 0 Å². The Labute approximate surface area is 83.7 Å². The fourth-order valence-electron chi connectivity index (χ4n) is 1.70. The van der Waals surface area contributed by atoms with Crippen LogP contribution in [0.1, 0.15) is 30.4 Å². The lowest BCUT2D eigenvalue weighted by Crippen LogP contribution is -2.15. The van der Waals surface area contributed by atoms with Gasteiger partial charge in [0.15, 0.2) is 5.89 Å². The molecule has 78 valence electrons. The molecule has 2 heterocycles. The number of rotatable bonds is 3. The first-order chi connectivity index (χ1) is 6.90. The van der Waals surface area contributed by atoms with Crippen molar-refractivity contribution in [3.05, 3.63) is 17.8 Å². The number of aromatic nitrogens is 1. The molecule has 1 aromatic heterocycles. The maximum atomic E-state index is 5.61. The molecule has 0 amide bonds. The molecule has 4 heteroatoms. The fourth-order valence-corrected chi connectivity index (χ4v) is 1.70. The highest BCUT2D eigenvalue weighted by Crippen LogP contribution is 2.24. The van der Waals surface area contributed by atoms with Crippen LogP contribution < -0.4 is 5.32 Å². The van der Waals surface area contributed by atoms with E-state index < -0.39 is 0 Å². The van der Waals surface area contributed by atoms with Gasteiger partial charge in [0.25, 0.3) is 0 Å². The van der Waals surface area contributed by atoms with E-state index in [9.17, 15) is 0 Å². The summed E-state index contributed by atoms with van der Waals surface area (Å²) in [6.45, 7) is 2.36. The van der Waals surface area contributed by atoms with Crippen LogP contribution in [0.15, 0.2) is 10.6 Å². The average molecular weight is 196 g/mol. The minimum atomic E-state index is 0.356. The van der Waals surface area contributed by atoms with Crippen LogP contribution in [0, 0.1) is 0 Å². The van der Waals surface area contributed by atoms with Gasteiger partial charge in [-0.15, -0.1) is 0 Å². The first kappa shape index (κ1) is 9.68. The summed E-state index contributed by atoms with van der Waals surface area (Å²) in [4.78, 5) is 4.27. The van der Waals surface area contributed by atoms with Crippen molar-refractivity contribution in [1.82, 2.24) is 10.3 Å². The summed E-state index contributed by atoms with van der Waals surface area (Å²) in [6.07, 6.45) is 4.02. The van der Waals surface area contributed by atoms with Gasteiger partial charge >= 0.3 is 0 Å². The molecule has 1 fully saturated rings. The second-order valence-electron chi connectivity index (χ2n) is 3.61. The van der Waals surface area contributed by atoms with E-state index in [-0.39, 0.29) is 0 Å². The second kappa shape index (κ2) is 4.57. The first-order valence-corrected chi connectivity index (χ1v) is 5.07. The van der Waals surface area contributed by atoms with Crippen molar-refractivity contribution >= 4 is 0 Å². The van der Waals surface area contributed by atoms with Gasteiger partial charge in [-0.2, -0.15) is 0 Å². The van der Waals surface area contributed by atoms with Crippen LogP contribution in [0.25, 0.3) is 0 Å². The normalized spacial score (nSPS) is 22.5. The minimum absolute atomic E-state index is 0.356. The van der Waals surface area contributed by atoms with Crippen LogP contribution in [-0.2, 0) is 11.3 Å². The summed E-state index contributed by atoms with van der Waals surface area (Å²) in [7, 11) is 1.89. The van der Waals surface area contributed by atoms with Gasteiger partial charge in [-0.1, -0.05) is 0 Å². The zero-order chi connectivity index (χ0) is 9.80. The standard InChI is InChI=1S/C10H16N2O2/c1-11-5-9-6-12-10(14-9)8-3-2-4-13-7-8/h6,8,11H,2-5,7H2,1H3. The molecule has 1 aromatic rings. The van der Waals surface area contributed by atoms with E-state index in [4.69, 9.17) is 9.15 Å². The Bertz CT molecular complexity index is 279. The van der Waals surface area contributed by atoms with Crippen molar-refractivity contribution in [2.24, 2.45) is 0 Å². The molecule has 1 aliphatic heterocycles. The van der Waals surface area contributed by atoms with Crippen molar-refractivity contribution in [3.8, 4) is 0 Å². The van der Waals surface area contributed by atoms with Crippen LogP contribution in [0.4, 0.5) is 0 Å². The van der Waals surface area contributed by atoms with E-state index in [2.05, 4.69) is 10.3 Å². The van der Waals surface area contributed by atoms with Crippen molar-refractivity contribution in [2.75, 3.05) is 20.3 Å². The van der Waals surface area contributed by atoms with E-state index in [0.29, 0.717) is 5.92 Å². The minimum Gasteiger partial charge on any atom is -0.444 e. The van der Waals surface area contributed by atoms with Crippen molar-refractivity contribution in [2.45, 2.75) is 25.3 Å². The summed E-state index contributed by atoms with van der Waals surface area (Å²) in [5.74, 6) is 2.08. The third-order valence-electron chi connectivity index (χ3n) is 2.43. The van der Waals surface area contributed by atoms with Crippen molar-refractivity contribution < 1.29 is 9.15 Å². The fraction of sp³-hybridized carbons (Fsp3) is 0.700. The van der Waals surface area contributed by atoms with Gasteiger partial charge < -0.3 is 14.5 Å². The molecule has 0 bridgehead atoms. The van der Waals surface area contributed by atoms with Gasteiger partial charge in [0, 0.05) is 6.61 Å². The summed E-state index contributed by atoms with van der Waals surface area (Å²) in [6, 6.07) is 0. The van der Waals surface area contributed by atoms with Gasteiger partial charge in [-0.3, -0.25) is 0 Å². The summed E-state index contributed by atoms with van der Waals surface area (Å²) in [5, 5.41) is 3.04. The maximum Gasteiger partial charge on any atom is 0.199 e. The average Bonchev–Trinajstić information content (AvgIpc) is 2.68. The summed E-state index contributed by atoms with van der Waals surface area (Å²) in [5.41, 5.74) is 0. The number of hydrogen-bond acceptors (Lipinski definition) is 4. The largest absolute Gasteiger partial charge is 0.444 e. The van der Waals surface area contributed by atoms with E-state index in [0.717, 1.165) is 44.3 Å². The molecular formula is C10H16N2O2. The molecular weight excluding hydrogens is 180 g/mol. The van der Waals surface area contributed by atoms with Crippen molar-refractivity contribution in [3.63, 3.8) is 0 Å². The zero-order valence-electron chi connectivity index (χ0n) is 8.45. The molecule has 14 heavy (non-hydrogen) atoms.